The Balaban J connectivity index is 1.48. The van der Waals surface area contributed by atoms with E-state index >= 15 is 0 Å². The van der Waals surface area contributed by atoms with E-state index in [9.17, 15) is 13.2 Å². The Morgan fingerprint density at radius 1 is 0.745 bits per heavy atom. The molecule has 8 rings (SSSR count). The van der Waals surface area contributed by atoms with Crippen molar-refractivity contribution >= 4 is 16.8 Å². The minimum atomic E-state index is -4.47. The van der Waals surface area contributed by atoms with Gasteiger partial charge in [0.15, 0.2) is 17.1 Å². The number of fused-ring (bicyclic) bond motifs is 10. The molecule has 3 aliphatic rings. The lowest BCUT2D eigenvalue weighted by atomic mass is 9.63. The normalized spacial score (nSPS) is 20.0. The molecule has 0 saturated heterocycles. The lowest BCUT2D eigenvalue weighted by molar-refractivity contribution is -0.137. The van der Waals surface area contributed by atoms with E-state index in [1.54, 1.807) is 34.5 Å². The number of halogens is 3. The highest BCUT2D eigenvalue weighted by Crippen LogP contribution is 2.63. The predicted molar refractivity (Wildman–Crippen MR) is 192 cm³/mol. The highest BCUT2D eigenvalue weighted by molar-refractivity contribution is 6.09. The first-order valence-electron chi connectivity index (χ1n) is 17.2. The molecule has 1 fully saturated rings. The highest BCUT2D eigenvalue weighted by atomic mass is 19.4. The average Bonchev–Trinajstić information content (AvgIpc) is 3.42. The van der Waals surface area contributed by atoms with Crippen molar-refractivity contribution in [2.75, 3.05) is 28.4 Å². The van der Waals surface area contributed by atoms with Gasteiger partial charge < -0.3 is 23.7 Å². The van der Waals surface area contributed by atoms with Crippen LogP contribution in [0.5, 0.6) is 28.7 Å². The maximum atomic E-state index is 14.4. The van der Waals surface area contributed by atoms with Crippen LogP contribution in [0, 0.1) is 5.92 Å². The molecule has 262 valence electrons. The van der Waals surface area contributed by atoms with Gasteiger partial charge in [0.05, 0.1) is 34.0 Å². The lowest BCUT2D eigenvalue weighted by Crippen LogP contribution is -2.36. The average molecular weight is 693 g/mol. The van der Waals surface area contributed by atoms with E-state index in [0.717, 1.165) is 75.4 Å². The fourth-order valence-corrected chi connectivity index (χ4v) is 8.89. The zero-order chi connectivity index (χ0) is 35.7. The summed E-state index contributed by atoms with van der Waals surface area (Å²) in [6.07, 6.45) is 3.13. The number of ether oxygens (including phenoxy) is 5. The molecule has 2 aliphatic carbocycles. The van der Waals surface area contributed by atoms with E-state index in [1.165, 1.54) is 12.1 Å². The molecular weight excluding hydrogens is 653 g/mol. The van der Waals surface area contributed by atoms with Crippen LogP contribution in [0.3, 0.4) is 0 Å². The molecule has 8 heteroatoms. The molecule has 5 aromatic rings. The smallest absolute Gasteiger partial charge is 0.416 e. The van der Waals surface area contributed by atoms with Crippen molar-refractivity contribution in [2.45, 2.75) is 49.8 Å². The SMILES string of the molecule is COc1ccc(C2(c3ccc(OC)cc3)C=Cc3c4c(c5cc(OC)c(OC)cc5c3O2)-c2ccc(C(F)(F)F)cc2C42CCCC(C)C2)cc1. The fraction of sp³-hybridized carbons (Fsp3) is 0.302. The summed E-state index contributed by atoms with van der Waals surface area (Å²) >= 11 is 0. The Hall–Kier alpha value is -5.11. The standard InChI is InChI=1S/C43H39F3O5/c1-25-7-6-19-41(24-25)35-21-28(43(44,45)46)12-17-31(35)38-33-22-36(49-4)37(50-5)23-34(33)40-32(39(38)41)18-20-42(51-40,26-8-13-29(47-2)14-9-26)27-10-15-30(48-3)16-11-27/h8-18,20-23,25H,6-7,19,24H2,1-5H3. The molecule has 1 aliphatic heterocycles. The molecule has 1 spiro atoms. The van der Waals surface area contributed by atoms with Gasteiger partial charge in [-0.3, -0.25) is 0 Å². The molecule has 0 aromatic heterocycles. The summed E-state index contributed by atoms with van der Waals surface area (Å²) < 4.78 is 73.1. The monoisotopic (exact) mass is 692 g/mol. The Labute approximate surface area is 295 Å². The molecule has 0 radical (unpaired) electrons. The van der Waals surface area contributed by atoms with Crippen LogP contribution in [0.25, 0.3) is 28.0 Å². The van der Waals surface area contributed by atoms with E-state index in [4.69, 9.17) is 23.7 Å². The van der Waals surface area contributed by atoms with Crippen LogP contribution in [0.4, 0.5) is 13.2 Å². The quantitative estimate of drug-likeness (QED) is 0.177. The highest BCUT2D eigenvalue weighted by Gasteiger charge is 2.51. The number of methoxy groups -OCH3 is 4. The zero-order valence-electron chi connectivity index (χ0n) is 29.2. The second-order valence-corrected chi connectivity index (χ2v) is 13.9. The van der Waals surface area contributed by atoms with Crippen molar-refractivity contribution in [1.29, 1.82) is 0 Å². The van der Waals surface area contributed by atoms with Crippen molar-refractivity contribution in [1.82, 2.24) is 0 Å². The zero-order valence-corrected chi connectivity index (χ0v) is 29.2. The second-order valence-electron chi connectivity index (χ2n) is 13.9. The summed E-state index contributed by atoms with van der Waals surface area (Å²) in [4.78, 5) is 0. The summed E-state index contributed by atoms with van der Waals surface area (Å²) in [5.41, 5.74) is 3.80. The second kappa shape index (κ2) is 12.0. The fourth-order valence-electron chi connectivity index (χ4n) is 8.89. The molecule has 0 N–H and O–H groups in total. The van der Waals surface area contributed by atoms with Crippen LogP contribution in [0.1, 0.15) is 66.0 Å². The molecule has 51 heavy (non-hydrogen) atoms. The number of rotatable bonds is 6. The first-order chi connectivity index (χ1) is 24.6. The minimum Gasteiger partial charge on any atom is -0.497 e. The number of alkyl halides is 3. The van der Waals surface area contributed by atoms with Gasteiger partial charge in [-0.15, -0.1) is 0 Å². The first-order valence-corrected chi connectivity index (χ1v) is 17.2. The van der Waals surface area contributed by atoms with Crippen LogP contribution in [-0.2, 0) is 17.2 Å². The van der Waals surface area contributed by atoms with Crippen LogP contribution in [0.2, 0.25) is 0 Å². The van der Waals surface area contributed by atoms with Gasteiger partial charge in [-0.25, -0.2) is 0 Å². The first kappa shape index (κ1) is 33.1. The summed E-state index contributed by atoms with van der Waals surface area (Å²) in [6, 6.07) is 23.8. The van der Waals surface area contributed by atoms with Crippen LogP contribution in [-0.4, -0.2) is 28.4 Å². The van der Waals surface area contributed by atoms with Gasteiger partial charge in [0.1, 0.15) is 17.2 Å². The van der Waals surface area contributed by atoms with Crippen molar-refractivity contribution in [3.8, 4) is 39.9 Å². The summed E-state index contributed by atoms with van der Waals surface area (Å²) in [7, 11) is 6.45. The van der Waals surface area contributed by atoms with Crippen LogP contribution < -0.4 is 23.7 Å². The molecule has 0 amide bonds. The van der Waals surface area contributed by atoms with E-state index in [1.807, 2.05) is 60.7 Å². The van der Waals surface area contributed by atoms with Crippen molar-refractivity contribution < 1.29 is 36.9 Å². The topological polar surface area (TPSA) is 46.2 Å². The third-order valence-corrected chi connectivity index (χ3v) is 11.2. The van der Waals surface area contributed by atoms with Gasteiger partial charge in [-0.2, -0.15) is 13.2 Å². The molecule has 1 heterocycles. The molecule has 2 atom stereocenters. The van der Waals surface area contributed by atoms with Crippen LogP contribution >= 0.6 is 0 Å². The maximum absolute atomic E-state index is 14.4. The number of hydrogen-bond donors (Lipinski definition) is 0. The lowest BCUT2D eigenvalue weighted by Gasteiger charge is -2.42. The third-order valence-electron chi connectivity index (χ3n) is 11.2. The van der Waals surface area contributed by atoms with E-state index in [-0.39, 0.29) is 0 Å². The largest absolute Gasteiger partial charge is 0.497 e. The van der Waals surface area contributed by atoms with E-state index < -0.39 is 22.8 Å². The van der Waals surface area contributed by atoms with Gasteiger partial charge in [0.25, 0.3) is 0 Å². The van der Waals surface area contributed by atoms with Crippen molar-refractivity contribution in [3.63, 3.8) is 0 Å². The third kappa shape index (κ3) is 4.97. The minimum absolute atomic E-state index is 0.315. The Kier molecular flexibility index (Phi) is 7.78. The molecule has 0 bridgehead atoms. The Bertz CT molecular complexity index is 2140. The number of benzene rings is 5. The van der Waals surface area contributed by atoms with E-state index in [2.05, 4.69) is 19.1 Å². The predicted octanol–water partition coefficient (Wildman–Crippen LogP) is 10.7. The summed E-state index contributed by atoms with van der Waals surface area (Å²) in [5.74, 6) is 3.44. The van der Waals surface area contributed by atoms with Gasteiger partial charge in [0.2, 0.25) is 0 Å². The summed E-state index contributed by atoms with van der Waals surface area (Å²) in [6.45, 7) is 2.21. The van der Waals surface area contributed by atoms with Gasteiger partial charge >= 0.3 is 6.18 Å². The molecule has 5 aromatic carbocycles. The Morgan fingerprint density at radius 2 is 1.35 bits per heavy atom. The van der Waals surface area contributed by atoms with Gasteiger partial charge in [-0.1, -0.05) is 56.2 Å². The molecule has 1 saturated carbocycles. The van der Waals surface area contributed by atoms with Crippen LogP contribution in [0.15, 0.2) is 84.9 Å². The molecular formula is C43H39F3O5. The van der Waals surface area contributed by atoms with Gasteiger partial charge in [-0.05, 0) is 101 Å². The maximum Gasteiger partial charge on any atom is 0.416 e. The van der Waals surface area contributed by atoms with Crippen molar-refractivity contribution in [3.05, 3.63) is 118 Å². The van der Waals surface area contributed by atoms with E-state index in [0.29, 0.717) is 34.7 Å². The molecule has 2 unspecified atom stereocenters. The number of hydrogen-bond acceptors (Lipinski definition) is 5. The van der Waals surface area contributed by atoms with Gasteiger partial charge in [0, 0.05) is 27.5 Å². The summed E-state index contributed by atoms with van der Waals surface area (Å²) in [5, 5.41) is 1.62. The van der Waals surface area contributed by atoms with Crippen molar-refractivity contribution in [2.24, 2.45) is 5.92 Å². The molecule has 5 nitrogen and oxygen atoms in total. The Morgan fingerprint density at radius 3 is 1.90 bits per heavy atom.